The van der Waals surface area contributed by atoms with Crippen LogP contribution >= 0.6 is 47.0 Å². The van der Waals surface area contributed by atoms with Crippen LogP contribution < -0.4 is 15.2 Å². The second kappa shape index (κ2) is 10.1. The van der Waals surface area contributed by atoms with Crippen molar-refractivity contribution in [1.82, 2.24) is 0 Å². The Balaban J connectivity index is 1.57. The maximum absolute atomic E-state index is 6.36. The van der Waals surface area contributed by atoms with Crippen LogP contribution in [0.15, 0.2) is 105 Å². The zero-order valence-electron chi connectivity index (χ0n) is 20.8. The number of hydrogen-bond donors (Lipinski definition) is 0. The van der Waals surface area contributed by atoms with Gasteiger partial charge in [0.1, 0.15) is 5.75 Å². The highest BCUT2D eigenvalue weighted by Gasteiger charge is 2.25. The SMILES string of the molecule is c1ccc2c(c1)SC(=c1c3cccc4c3c(=C3Sc5ccccc5S3)c3c(cccc13)OCOCCOC4)S2. The summed E-state index contributed by atoms with van der Waals surface area (Å²) in [4.78, 5) is 5.21. The van der Waals surface area contributed by atoms with Gasteiger partial charge >= 0.3 is 0 Å². The van der Waals surface area contributed by atoms with Crippen LogP contribution in [-0.4, -0.2) is 20.0 Å². The van der Waals surface area contributed by atoms with Crippen molar-refractivity contribution in [2.75, 3.05) is 20.0 Å². The fourth-order valence-electron chi connectivity index (χ4n) is 5.38. The lowest BCUT2D eigenvalue weighted by atomic mass is 9.95. The van der Waals surface area contributed by atoms with E-state index in [1.807, 2.05) is 47.0 Å². The zero-order chi connectivity index (χ0) is 25.8. The molecule has 0 aliphatic carbocycles. The molecule has 5 aromatic carbocycles. The summed E-state index contributed by atoms with van der Waals surface area (Å²) in [7, 11) is 0. The van der Waals surface area contributed by atoms with Gasteiger partial charge in [0.2, 0.25) is 0 Å². The second-order valence-corrected chi connectivity index (χ2v) is 14.1. The lowest BCUT2D eigenvalue weighted by Crippen LogP contribution is -2.20. The normalized spacial score (nSPS) is 16.8. The number of thioether (sulfide) groups is 4. The molecule has 0 unspecified atom stereocenters. The van der Waals surface area contributed by atoms with E-state index in [4.69, 9.17) is 14.2 Å². The molecule has 39 heavy (non-hydrogen) atoms. The molecule has 0 atom stereocenters. The Labute approximate surface area is 243 Å². The molecule has 3 aliphatic rings. The van der Waals surface area contributed by atoms with Crippen LogP contribution in [-0.2, 0) is 16.1 Å². The van der Waals surface area contributed by atoms with E-state index in [0.29, 0.717) is 19.8 Å². The quantitative estimate of drug-likeness (QED) is 0.172. The fraction of sp³-hybridized carbons (Fsp3) is 0.125. The largest absolute Gasteiger partial charge is 0.467 e. The van der Waals surface area contributed by atoms with Gasteiger partial charge in [-0.3, -0.25) is 0 Å². The minimum absolute atomic E-state index is 0.193. The summed E-state index contributed by atoms with van der Waals surface area (Å²) in [6, 6.07) is 30.5. The highest BCUT2D eigenvalue weighted by molar-refractivity contribution is 8.32. The molecule has 7 heteroatoms. The van der Waals surface area contributed by atoms with Crippen molar-refractivity contribution >= 4 is 77.1 Å². The van der Waals surface area contributed by atoms with Crippen LogP contribution in [0.5, 0.6) is 5.75 Å². The first-order valence-corrected chi connectivity index (χ1v) is 16.0. The summed E-state index contributed by atoms with van der Waals surface area (Å²) in [5.41, 5.74) is 1.19. The summed E-state index contributed by atoms with van der Waals surface area (Å²) in [6.45, 7) is 1.75. The number of benzene rings is 5. The van der Waals surface area contributed by atoms with Crippen molar-refractivity contribution in [3.05, 3.63) is 101 Å². The Morgan fingerprint density at radius 3 is 1.74 bits per heavy atom. The van der Waals surface area contributed by atoms with Crippen LogP contribution in [0.25, 0.3) is 30.0 Å². The molecule has 0 aromatic heterocycles. The number of ether oxygens (including phenoxy) is 3. The van der Waals surface area contributed by atoms with E-state index in [0.717, 1.165) is 11.1 Å². The van der Waals surface area contributed by atoms with Crippen LogP contribution in [0.1, 0.15) is 5.56 Å². The third kappa shape index (κ3) is 4.19. The molecule has 0 radical (unpaired) electrons. The van der Waals surface area contributed by atoms with Gasteiger partial charge in [0, 0.05) is 35.4 Å². The van der Waals surface area contributed by atoms with Crippen LogP contribution in [0.2, 0.25) is 0 Å². The first-order chi connectivity index (χ1) is 19.3. The van der Waals surface area contributed by atoms with E-state index in [1.165, 1.54) is 60.2 Å². The Morgan fingerprint density at radius 2 is 1.08 bits per heavy atom. The molecular weight excluding hydrogens is 561 g/mol. The van der Waals surface area contributed by atoms with Crippen molar-refractivity contribution in [2.45, 2.75) is 26.2 Å². The molecule has 3 nitrogen and oxygen atoms in total. The van der Waals surface area contributed by atoms with E-state index < -0.39 is 0 Å². The number of hydrogen-bond acceptors (Lipinski definition) is 7. The van der Waals surface area contributed by atoms with E-state index in [-0.39, 0.29) is 6.79 Å². The summed E-state index contributed by atoms with van der Waals surface area (Å²) in [6.07, 6.45) is 0. The first-order valence-electron chi connectivity index (χ1n) is 12.8. The number of fused-ring (bicyclic) bond motifs is 2. The molecule has 0 fully saturated rings. The molecule has 3 heterocycles. The maximum Gasteiger partial charge on any atom is 0.189 e. The Kier molecular flexibility index (Phi) is 6.32. The van der Waals surface area contributed by atoms with Crippen molar-refractivity contribution in [1.29, 1.82) is 0 Å². The lowest BCUT2D eigenvalue weighted by molar-refractivity contribution is -0.0194. The van der Waals surface area contributed by atoms with Crippen molar-refractivity contribution < 1.29 is 14.2 Å². The summed E-state index contributed by atoms with van der Waals surface area (Å²) in [5.74, 6) is 0.859. The summed E-state index contributed by atoms with van der Waals surface area (Å²) >= 11 is 7.44. The standard InChI is InChI=1S/C32H22O3S4/c1-2-12-24-23(11-1)36-31(37-24)28-20-8-5-7-19-17-33-15-16-34-18-35-22-10-6-9-21(28)29(22)30(27(19)20)32-38-25-13-3-4-14-26(25)39-32/h1-14H,15-18H2. The molecule has 0 amide bonds. The first kappa shape index (κ1) is 24.3. The third-order valence-corrected chi connectivity index (χ3v) is 12.2. The molecule has 0 saturated heterocycles. The fourth-order valence-corrected chi connectivity index (χ4v) is 10.6. The monoisotopic (exact) mass is 582 g/mol. The van der Waals surface area contributed by atoms with Gasteiger partial charge in [-0.2, -0.15) is 0 Å². The molecule has 2 bridgehead atoms. The smallest absolute Gasteiger partial charge is 0.189 e. The predicted molar refractivity (Wildman–Crippen MR) is 165 cm³/mol. The average molecular weight is 583 g/mol. The molecule has 192 valence electrons. The molecule has 8 rings (SSSR count). The van der Waals surface area contributed by atoms with E-state index in [2.05, 4.69) is 84.9 Å². The lowest BCUT2D eigenvalue weighted by Gasteiger charge is -2.18. The molecule has 0 saturated carbocycles. The van der Waals surface area contributed by atoms with Gasteiger partial charge in [-0.05, 0) is 52.1 Å². The van der Waals surface area contributed by atoms with Gasteiger partial charge < -0.3 is 14.2 Å². The molecule has 0 spiro atoms. The molecule has 0 N–H and O–H groups in total. The minimum atomic E-state index is 0.193. The summed E-state index contributed by atoms with van der Waals surface area (Å²) < 4.78 is 20.9. The van der Waals surface area contributed by atoms with E-state index in [1.54, 1.807) is 0 Å². The molecule has 5 aromatic rings. The predicted octanol–water partition coefficient (Wildman–Crippen LogP) is 7.80. The van der Waals surface area contributed by atoms with Crippen molar-refractivity contribution in [3.63, 3.8) is 0 Å². The van der Waals surface area contributed by atoms with Gasteiger partial charge in [-0.15, -0.1) is 0 Å². The van der Waals surface area contributed by atoms with Crippen molar-refractivity contribution in [3.8, 4) is 5.75 Å². The van der Waals surface area contributed by atoms with E-state index >= 15 is 0 Å². The van der Waals surface area contributed by atoms with Gasteiger partial charge in [0.05, 0.1) is 28.3 Å². The second-order valence-electron chi connectivity index (χ2n) is 9.37. The van der Waals surface area contributed by atoms with Crippen molar-refractivity contribution in [2.24, 2.45) is 0 Å². The Morgan fingerprint density at radius 1 is 0.513 bits per heavy atom. The maximum atomic E-state index is 6.36. The highest BCUT2D eigenvalue weighted by Crippen LogP contribution is 2.53. The summed E-state index contributed by atoms with van der Waals surface area (Å²) in [5, 5.41) is 7.37. The zero-order valence-corrected chi connectivity index (χ0v) is 24.0. The molecular formula is C32H22O3S4. The minimum Gasteiger partial charge on any atom is -0.467 e. The van der Waals surface area contributed by atoms with Gasteiger partial charge in [-0.1, -0.05) is 102 Å². The van der Waals surface area contributed by atoms with Gasteiger partial charge in [0.15, 0.2) is 6.79 Å². The van der Waals surface area contributed by atoms with Gasteiger partial charge in [0.25, 0.3) is 0 Å². The molecule has 3 aliphatic heterocycles. The Hall–Kier alpha value is -2.52. The topological polar surface area (TPSA) is 27.7 Å². The number of rotatable bonds is 0. The van der Waals surface area contributed by atoms with E-state index in [9.17, 15) is 0 Å². The van der Waals surface area contributed by atoms with Crippen LogP contribution in [0.3, 0.4) is 0 Å². The van der Waals surface area contributed by atoms with Crippen LogP contribution in [0, 0.1) is 0 Å². The van der Waals surface area contributed by atoms with Gasteiger partial charge in [-0.25, -0.2) is 0 Å². The average Bonchev–Trinajstić information content (AvgIpc) is 3.59. The Bertz CT molecular complexity index is 1790. The third-order valence-electron chi connectivity index (χ3n) is 7.06. The highest BCUT2D eigenvalue weighted by atomic mass is 32.2. The van der Waals surface area contributed by atoms with Crippen LogP contribution in [0.4, 0.5) is 0 Å².